The summed E-state index contributed by atoms with van der Waals surface area (Å²) in [5.74, 6) is 0.931. The number of hydrogen-bond donors (Lipinski definition) is 1. The first-order valence-corrected chi connectivity index (χ1v) is 7.84. The van der Waals surface area contributed by atoms with E-state index in [9.17, 15) is 0 Å². The summed E-state index contributed by atoms with van der Waals surface area (Å²) in [6.45, 7) is 7.97. The van der Waals surface area contributed by atoms with Crippen LogP contribution in [-0.2, 0) is 9.47 Å². The Labute approximate surface area is 128 Å². The highest BCUT2D eigenvalue weighted by Gasteiger charge is 2.08. The number of hydrogen-bond acceptors (Lipinski definition) is 4. The van der Waals surface area contributed by atoms with E-state index in [1.54, 1.807) is 7.11 Å². The fourth-order valence-corrected chi connectivity index (χ4v) is 2.16. The van der Waals surface area contributed by atoms with E-state index in [1.165, 1.54) is 5.56 Å². The van der Waals surface area contributed by atoms with Gasteiger partial charge in [0, 0.05) is 26.2 Å². The van der Waals surface area contributed by atoms with Crippen molar-refractivity contribution in [3.63, 3.8) is 0 Å². The van der Waals surface area contributed by atoms with Gasteiger partial charge in [-0.3, -0.25) is 0 Å². The molecule has 1 unspecified atom stereocenters. The molecule has 0 aliphatic rings. The minimum atomic E-state index is 0.399. The molecular formula is C17H29NO3. The Morgan fingerprint density at radius 2 is 1.95 bits per heavy atom. The van der Waals surface area contributed by atoms with Crippen molar-refractivity contribution in [1.29, 1.82) is 0 Å². The van der Waals surface area contributed by atoms with Gasteiger partial charge in [0.2, 0.25) is 0 Å². The van der Waals surface area contributed by atoms with Gasteiger partial charge in [-0.2, -0.15) is 0 Å². The smallest absolute Gasteiger partial charge is 0.119 e. The molecule has 0 aromatic heterocycles. The lowest BCUT2D eigenvalue weighted by atomic mass is 10.0. The van der Waals surface area contributed by atoms with E-state index >= 15 is 0 Å². The number of nitrogens with one attached hydrogen (secondary N) is 1. The van der Waals surface area contributed by atoms with Gasteiger partial charge in [0.15, 0.2) is 0 Å². The van der Waals surface area contributed by atoms with E-state index in [1.807, 2.05) is 6.07 Å². The van der Waals surface area contributed by atoms with Crippen LogP contribution in [0.15, 0.2) is 24.3 Å². The average molecular weight is 295 g/mol. The fraction of sp³-hybridized carbons (Fsp3) is 0.647. The van der Waals surface area contributed by atoms with Crippen LogP contribution >= 0.6 is 0 Å². The first kappa shape index (κ1) is 18.0. The maximum atomic E-state index is 5.79. The van der Waals surface area contributed by atoms with Crippen LogP contribution in [0.25, 0.3) is 0 Å². The standard InChI is InChI=1S/C17H29NO3/c1-4-17(18-5-2)15-8-6-9-16(14-15)21-11-7-10-20-13-12-19-3/h6,8-9,14,17-18H,4-5,7,10-13H2,1-3H3. The predicted molar refractivity (Wildman–Crippen MR) is 86.0 cm³/mol. The number of rotatable bonds is 12. The molecular weight excluding hydrogens is 266 g/mol. The van der Waals surface area contributed by atoms with E-state index in [0.29, 0.717) is 32.5 Å². The zero-order valence-corrected chi connectivity index (χ0v) is 13.6. The van der Waals surface area contributed by atoms with Crippen LogP contribution in [0.5, 0.6) is 5.75 Å². The van der Waals surface area contributed by atoms with Crippen molar-refractivity contribution in [3.05, 3.63) is 29.8 Å². The van der Waals surface area contributed by atoms with Gasteiger partial charge in [0.1, 0.15) is 5.75 Å². The van der Waals surface area contributed by atoms with E-state index < -0.39 is 0 Å². The van der Waals surface area contributed by atoms with Crippen molar-refractivity contribution in [2.45, 2.75) is 32.7 Å². The van der Waals surface area contributed by atoms with Crippen LogP contribution < -0.4 is 10.1 Å². The summed E-state index contributed by atoms with van der Waals surface area (Å²) < 4.78 is 16.1. The highest BCUT2D eigenvalue weighted by atomic mass is 16.5. The molecule has 0 aliphatic carbocycles. The van der Waals surface area contributed by atoms with Crippen LogP contribution in [0.1, 0.15) is 38.3 Å². The lowest BCUT2D eigenvalue weighted by Crippen LogP contribution is -2.20. The van der Waals surface area contributed by atoms with E-state index in [4.69, 9.17) is 14.2 Å². The fourth-order valence-electron chi connectivity index (χ4n) is 2.16. The maximum absolute atomic E-state index is 5.79. The first-order chi connectivity index (χ1) is 10.3. The Morgan fingerprint density at radius 3 is 2.67 bits per heavy atom. The molecule has 120 valence electrons. The molecule has 0 radical (unpaired) electrons. The van der Waals surface area contributed by atoms with Crippen LogP contribution in [-0.4, -0.2) is 40.1 Å². The summed E-state index contributed by atoms with van der Waals surface area (Å²) in [6.07, 6.45) is 1.96. The van der Waals surface area contributed by atoms with E-state index in [0.717, 1.165) is 25.1 Å². The van der Waals surface area contributed by atoms with Crippen molar-refractivity contribution in [2.75, 3.05) is 40.1 Å². The lowest BCUT2D eigenvalue weighted by Gasteiger charge is -2.17. The summed E-state index contributed by atoms with van der Waals surface area (Å²) in [5, 5.41) is 3.48. The molecule has 0 saturated heterocycles. The molecule has 1 N–H and O–H groups in total. The summed E-state index contributed by atoms with van der Waals surface area (Å²) >= 11 is 0. The molecule has 0 heterocycles. The lowest BCUT2D eigenvalue weighted by molar-refractivity contribution is 0.0644. The van der Waals surface area contributed by atoms with E-state index in [2.05, 4.69) is 37.4 Å². The van der Waals surface area contributed by atoms with Crippen molar-refractivity contribution >= 4 is 0 Å². The SMILES string of the molecule is CCNC(CC)c1cccc(OCCCOCCOC)c1. The summed E-state index contributed by atoms with van der Waals surface area (Å²) in [7, 11) is 1.68. The molecule has 1 aromatic rings. The van der Waals surface area contributed by atoms with Crippen molar-refractivity contribution in [1.82, 2.24) is 5.32 Å². The molecule has 1 atom stereocenters. The molecule has 0 saturated carbocycles. The van der Waals surface area contributed by atoms with Gasteiger partial charge in [0.05, 0.1) is 19.8 Å². The predicted octanol–water partition coefficient (Wildman–Crippen LogP) is 3.18. The third-order valence-corrected chi connectivity index (χ3v) is 3.25. The number of ether oxygens (including phenoxy) is 3. The minimum Gasteiger partial charge on any atom is -0.493 e. The second kappa shape index (κ2) is 11.5. The Balaban J connectivity index is 2.32. The molecule has 0 spiro atoms. The third kappa shape index (κ3) is 7.46. The third-order valence-electron chi connectivity index (χ3n) is 3.25. The topological polar surface area (TPSA) is 39.7 Å². The van der Waals surface area contributed by atoms with Gasteiger partial charge in [-0.15, -0.1) is 0 Å². The van der Waals surface area contributed by atoms with Gasteiger partial charge in [-0.05, 0) is 30.7 Å². The highest BCUT2D eigenvalue weighted by molar-refractivity contribution is 5.30. The molecule has 21 heavy (non-hydrogen) atoms. The van der Waals surface area contributed by atoms with Gasteiger partial charge in [-0.25, -0.2) is 0 Å². The normalized spacial score (nSPS) is 12.3. The monoisotopic (exact) mass is 295 g/mol. The van der Waals surface area contributed by atoms with Crippen LogP contribution in [0.3, 0.4) is 0 Å². The number of benzene rings is 1. The van der Waals surface area contributed by atoms with Crippen LogP contribution in [0.4, 0.5) is 0 Å². The largest absolute Gasteiger partial charge is 0.493 e. The molecule has 1 rings (SSSR count). The van der Waals surface area contributed by atoms with Crippen molar-refractivity contribution in [2.24, 2.45) is 0 Å². The van der Waals surface area contributed by atoms with Gasteiger partial charge >= 0.3 is 0 Å². The molecule has 0 bridgehead atoms. The second-order valence-corrected chi connectivity index (χ2v) is 4.90. The average Bonchev–Trinajstić information content (AvgIpc) is 2.52. The molecule has 4 nitrogen and oxygen atoms in total. The molecule has 0 amide bonds. The first-order valence-electron chi connectivity index (χ1n) is 7.84. The Hall–Kier alpha value is -1.10. The van der Waals surface area contributed by atoms with Gasteiger partial charge < -0.3 is 19.5 Å². The molecule has 1 aromatic carbocycles. The zero-order chi connectivity index (χ0) is 15.3. The van der Waals surface area contributed by atoms with Gasteiger partial charge in [-0.1, -0.05) is 26.0 Å². The maximum Gasteiger partial charge on any atom is 0.119 e. The summed E-state index contributed by atoms with van der Waals surface area (Å²) in [5.41, 5.74) is 1.29. The zero-order valence-electron chi connectivity index (χ0n) is 13.6. The minimum absolute atomic E-state index is 0.399. The van der Waals surface area contributed by atoms with E-state index in [-0.39, 0.29) is 0 Å². The second-order valence-electron chi connectivity index (χ2n) is 4.90. The Morgan fingerprint density at radius 1 is 1.10 bits per heavy atom. The Bertz CT molecular complexity index is 371. The number of methoxy groups -OCH3 is 1. The van der Waals surface area contributed by atoms with Crippen molar-refractivity contribution in [3.8, 4) is 5.75 Å². The van der Waals surface area contributed by atoms with Crippen LogP contribution in [0, 0.1) is 0 Å². The van der Waals surface area contributed by atoms with Crippen LogP contribution in [0.2, 0.25) is 0 Å². The quantitative estimate of drug-likeness (QED) is 0.601. The highest BCUT2D eigenvalue weighted by Crippen LogP contribution is 2.21. The molecule has 0 aliphatic heterocycles. The Kier molecular flexibility index (Phi) is 9.87. The van der Waals surface area contributed by atoms with Gasteiger partial charge in [0.25, 0.3) is 0 Å². The summed E-state index contributed by atoms with van der Waals surface area (Å²) in [4.78, 5) is 0. The summed E-state index contributed by atoms with van der Waals surface area (Å²) in [6, 6.07) is 8.74. The molecule has 0 fully saturated rings. The molecule has 4 heteroatoms. The van der Waals surface area contributed by atoms with Crippen molar-refractivity contribution < 1.29 is 14.2 Å².